The van der Waals surface area contributed by atoms with Gasteiger partial charge in [0.2, 0.25) is 0 Å². The van der Waals surface area contributed by atoms with Gasteiger partial charge in [0.05, 0.1) is 20.3 Å². The van der Waals surface area contributed by atoms with E-state index in [1.807, 2.05) is 78.9 Å². The van der Waals surface area contributed by atoms with Crippen LogP contribution in [0.4, 0.5) is 0 Å². The third-order valence-corrected chi connectivity index (χ3v) is 6.01. The van der Waals surface area contributed by atoms with Gasteiger partial charge in [0, 0.05) is 29.8 Å². The highest BCUT2D eigenvalue weighted by atomic mass is 16.5. The Morgan fingerprint density at radius 1 is 0.939 bits per heavy atom. The van der Waals surface area contributed by atoms with Crippen molar-refractivity contribution in [2.24, 2.45) is 5.41 Å². The van der Waals surface area contributed by atoms with Crippen molar-refractivity contribution in [3.05, 3.63) is 108 Å². The molecule has 0 aliphatic heterocycles. The van der Waals surface area contributed by atoms with Crippen LogP contribution in [0.1, 0.15) is 22.7 Å². The molecule has 0 spiro atoms. The molecule has 3 aromatic carbocycles. The van der Waals surface area contributed by atoms with Gasteiger partial charge in [-0.15, -0.1) is 0 Å². The molecule has 0 saturated heterocycles. The molecule has 0 bridgehead atoms. The minimum absolute atomic E-state index is 0.0863. The molecule has 1 aromatic heterocycles. The van der Waals surface area contributed by atoms with Gasteiger partial charge < -0.3 is 9.47 Å². The minimum atomic E-state index is -1.58. The fraction of sp³-hybridized carbons (Fsp3) is 0.179. The molecule has 0 aliphatic rings. The first-order valence-electron chi connectivity index (χ1n) is 10.6. The molecule has 0 unspecified atom stereocenters. The first-order valence-corrected chi connectivity index (χ1v) is 10.6. The van der Waals surface area contributed by atoms with E-state index in [1.165, 1.54) is 7.11 Å². The predicted molar refractivity (Wildman–Crippen MR) is 127 cm³/mol. The fourth-order valence-electron chi connectivity index (χ4n) is 4.52. The molecule has 0 amide bonds. The largest absolute Gasteiger partial charge is 0.496 e. The number of rotatable bonds is 7. The molecule has 4 aromatic rings. The molecule has 0 fully saturated rings. The average molecular weight is 437 g/mol. The number of benzene rings is 3. The molecule has 4 rings (SSSR count). The molecule has 164 valence electrons. The lowest BCUT2D eigenvalue weighted by molar-refractivity contribution is -0.150. The molecule has 5 nitrogen and oxygen atoms in total. The molecule has 0 aliphatic carbocycles. The SMILES string of the molecule is COC(=O)[C@@](C#N)(Cc1ccccn1)[C@@H](c1ccccc1OC)c1cccc2ccccc12. The van der Waals surface area contributed by atoms with Crippen LogP contribution in [0.15, 0.2) is 91.1 Å². The summed E-state index contributed by atoms with van der Waals surface area (Å²) in [6.07, 6.45) is 1.74. The first-order chi connectivity index (χ1) is 16.1. The maximum Gasteiger partial charge on any atom is 0.327 e. The molecule has 0 saturated carbocycles. The van der Waals surface area contributed by atoms with Crippen molar-refractivity contribution < 1.29 is 14.3 Å². The number of nitrogens with zero attached hydrogens (tertiary/aromatic N) is 2. The van der Waals surface area contributed by atoms with E-state index in [0.717, 1.165) is 21.9 Å². The van der Waals surface area contributed by atoms with Gasteiger partial charge in [0.15, 0.2) is 5.41 Å². The third kappa shape index (κ3) is 4.04. The minimum Gasteiger partial charge on any atom is -0.496 e. The van der Waals surface area contributed by atoms with Crippen LogP contribution in [0.3, 0.4) is 0 Å². The van der Waals surface area contributed by atoms with Crippen LogP contribution in [0.5, 0.6) is 5.75 Å². The Balaban J connectivity index is 2.07. The van der Waals surface area contributed by atoms with Crippen molar-refractivity contribution in [3.8, 4) is 11.8 Å². The summed E-state index contributed by atoms with van der Waals surface area (Å²) in [5.74, 6) is -0.682. The van der Waals surface area contributed by atoms with Crippen molar-refractivity contribution >= 4 is 16.7 Å². The van der Waals surface area contributed by atoms with E-state index in [1.54, 1.807) is 19.4 Å². The number of hydrogen-bond donors (Lipinski definition) is 0. The second kappa shape index (κ2) is 9.54. The van der Waals surface area contributed by atoms with E-state index in [9.17, 15) is 10.1 Å². The summed E-state index contributed by atoms with van der Waals surface area (Å²) >= 11 is 0. The Kier molecular flexibility index (Phi) is 6.37. The van der Waals surface area contributed by atoms with Crippen LogP contribution in [-0.4, -0.2) is 25.2 Å². The highest BCUT2D eigenvalue weighted by Crippen LogP contribution is 2.48. The van der Waals surface area contributed by atoms with Gasteiger partial charge in [-0.3, -0.25) is 9.78 Å². The molecular weight excluding hydrogens is 412 g/mol. The van der Waals surface area contributed by atoms with E-state index >= 15 is 0 Å². The monoisotopic (exact) mass is 436 g/mol. The number of methoxy groups -OCH3 is 2. The highest BCUT2D eigenvalue weighted by molar-refractivity contribution is 5.90. The van der Waals surface area contributed by atoms with Crippen molar-refractivity contribution in [1.82, 2.24) is 4.98 Å². The van der Waals surface area contributed by atoms with Gasteiger partial charge in [0.25, 0.3) is 0 Å². The lowest BCUT2D eigenvalue weighted by Gasteiger charge is -2.34. The zero-order valence-corrected chi connectivity index (χ0v) is 18.6. The first kappa shape index (κ1) is 22.0. The number of aromatic nitrogens is 1. The van der Waals surface area contributed by atoms with Crippen LogP contribution in [0.2, 0.25) is 0 Å². The zero-order valence-electron chi connectivity index (χ0n) is 18.6. The van der Waals surface area contributed by atoms with Crippen LogP contribution in [0, 0.1) is 16.7 Å². The number of hydrogen-bond acceptors (Lipinski definition) is 5. The number of carbonyl (C=O) groups is 1. The second-order valence-corrected chi connectivity index (χ2v) is 7.82. The van der Waals surface area contributed by atoms with E-state index in [2.05, 4.69) is 11.1 Å². The lowest BCUT2D eigenvalue weighted by atomic mass is 9.66. The van der Waals surface area contributed by atoms with Gasteiger partial charge in [-0.2, -0.15) is 5.26 Å². The van der Waals surface area contributed by atoms with Crippen molar-refractivity contribution in [3.63, 3.8) is 0 Å². The van der Waals surface area contributed by atoms with E-state index in [0.29, 0.717) is 11.4 Å². The van der Waals surface area contributed by atoms with Gasteiger partial charge >= 0.3 is 5.97 Å². The van der Waals surface area contributed by atoms with Gasteiger partial charge in [-0.05, 0) is 34.5 Å². The summed E-state index contributed by atoms with van der Waals surface area (Å²) < 4.78 is 10.9. The summed E-state index contributed by atoms with van der Waals surface area (Å²) in [5.41, 5.74) is 0.631. The number of ether oxygens (including phenoxy) is 2. The fourth-order valence-corrected chi connectivity index (χ4v) is 4.52. The molecular formula is C28H24N2O3. The lowest BCUT2D eigenvalue weighted by Crippen LogP contribution is -2.40. The summed E-state index contributed by atoms with van der Waals surface area (Å²) in [7, 11) is 2.90. The number of pyridine rings is 1. The van der Waals surface area contributed by atoms with Gasteiger partial charge in [-0.25, -0.2) is 0 Å². The summed E-state index contributed by atoms with van der Waals surface area (Å²) in [6, 6.07) is 29.2. The van der Waals surface area contributed by atoms with Gasteiger partial charge in [0.1, 0.15) is 5.75 Å². The number of carbonyl (C=O) groups excluding carboxylic acids is 1. The molecule has 0 radical (unpaired) electrons. The summed E-state index contributed by atoms with van der Waals surface area (Å²) in [6.45, 7) is 0. The maximum absolute atomic E-state index is 13.5. The predicted octanol–water partition coefficient (Wildman–Crippen LogP) is 5.30. The van der Waals surface area contributed by atoms with E-state index in [4.69, 9.17) is 9.47 Å². The normalized spacial score (nSPS) is 13.5. The van der Waals surface area contributed by atoms with Gasteiger partial charge in [-0.1, -0.05) is 66.7 Å². The average Bonchev–Trinajstić information content (AvgIpc) is 2.88. The zero-order chi connectivity index (χ0) is 23.3. The number of para-hydroxylation sites is 1. The molecule has 2 atom stereocenters. The van der Waals surface area contributed by atoms with Crippen LogP contribution in [0.25, 0.3) is 10.8 Å². The maximum atomic E-state index is 13.5. The van der Waals surface area contributed by atoms with Crippen LogP contribution < -0.4 is 4.74 Å². The number of nitriles is 1. The van der Waals surface area contributed by atoms with Crippen LogP contribution >= 0.6 is 0 Å². The van der Waals surface area contributed by atoms with E-state index in [-0.39, 0.29) is 6.42 Å². The molecule has 0 N–H and O–H groups in total. The topological polar surface area (TPSA) is 72.2 Å². The Labute approximate surface area is 193 Å². The number of fused-ring (bicyclic) bond motifs is 1. The van der Waals surface area contributed by atoms with Crippen molar-refractivity contribution in [2.75, 3.05) is 14.2 Å². The van der Waals surface area contributed by atoms with Crippen molar-refractivity contribution in [1.29, 1.82) is 5.26 Å². The Bertz CT molecular complexity index is 1310. The second-order valence-electron chi connectivity index (χ2n) is 7.82. The molecule has 33 heavy (non-hydrogen) atoms. The third-order valence-electron chi connectivity index (χ3n) is 6.01. The Hall–Kier alpha value is -4.17. The highest BCUT2D eigenvalue weighted by Gasteiger charge is 2.50. The van der Waals surface area contributed by atoms with Crippen molar-refractivity contribution in [2.45, 2.75) is 12.3 Å². The summed E-state index contributed by atoms with van der Waals surface area (Å²) in [5, 5.41) is 12.6. The van der Waals surface area contributed by atoms with Crippen LogP contribution in [-0.2, 0) is 16.0 Å². The standard InChI is InChI=1S/C28H24N2O3/c1-32-25-16-6-5-14-24(25)26(23-15-9-11-20-10-3-4-13-22(20)23)28(19-29,27(31)33-2)18-21-12-7-8-17-30-21/h3-17,26H,18H2,1-2H3/t26-,28-/m1/s1. The number of esters is 1. The molecule has 5 heteroatoms. The smallest absolute Gasteiger partial charge is 0.327 e. The van der Waals surface area contributed by atoms with E-state index < -0.39 is 17.3 Å². The quantitative estimate of drug-likeness (QED) is 0.368. The summed E-state index contributed by atoms with van der Waals surface area (Å²) in [4.78, 5) is 17.9. The Morgan fingerprint density at radius 3 is 2.36 bits per heavy atom. The Morgan fingerprint density at radius 2 is 1.64 bits per heavy atom. The molecule has 1 heterocycles.